The van der Waals surface area contributed by atoms with Gasteiger partial charge in [0, 0.05) is 30.2 Å². The number of aromatic amines is 1. The van der Waals surface area contributed by atoms with Crippen molar-refractivity contribution in [2.75, 3.05) is 25.1 Å². The van der Waals surface area contributed by atoms with Gasteiger partial charge < -0.3 is 15.0 Å². The quantitative estimate of drug-likeness (QED) is 0.654. The molecule has 3 heterocycles. The summed E-state index contributed by atoms with van der Waals surface area (Å²) in [4.78, 5) is 16.1. The molecule has 4 rings (SSSR count). The monoisotopic (exact) mass is 416 g/mol. The Bertz CT molecular complexity index is 949. The van der Waals surface area contributed by atoms with Gasteiger partial charge in [-0.2, -0.15) is 5.10 Å². The fraction of sp³-hybridized carbons (Fsp3) is 0.300. The molecule has 2 aromatic heterocycles. The van der Waals surface area contributed by atoms with E-state index in [1.807, 2.05) is 6.07 Å². The average molecular weight is 417 g/mol. The van der Waals surface area contributed by atoms with Gasteiger partial charge in [0.1, 0.15) is 5.75 Å². The van der Waals surface area contributed by atoms with Crippen LogP contribution in [0, 0.1) is 0 Å². The van der Waals surface area contributed by atoms with Gasteiger partial charge in [-0.15, -0.1) is 11.3 Å². The van der Waals surface area contributed by atoms with E-state index in [1.165, 1.54) is 12.0 Å². The van der Waals surface area contributed by atoms with E-state index in [1.54, 1.807) is 29.5 Å². The fourth-order valence-corrected chi connectivity index (χ4v) is 4.25. The van der Waals surface area contributed by atoms with Gasteiger partial charge in [0.2, 0.25) is 0 Å². The Hall–Kier alpha value is -2.51. The molecule has 1 aliphatic heterocycles. The number of benzene rings is 1. The van der Waals surface area contributed by atoms with Gasteiger partial charge in [0.15, 0.2) is 5.82 Å². The van der Waals surface area contributed by atoms with Crippen LogP contribution in [0.25, 0.3) is 10.6 Å². The summed E-state index contributed by atoms with van der Waals surface area (Å²) in [5.74, 6) is 1.30. The third-order valence-electron chi connectivity index (χ3n) is 4.91. The Morgan fingerprint density at radius 1 is 1.32 bits per heavy atom. The number of carbonyl (C=O) groups is 1. The van der Waals surface area contributed by atoms with Crippen LogP contribution in [0.4, 0.5) is 5.82 Å². The van der Waals surface area contributed by atoms with Gasteiger partial charge in [0.25, 0.3) is 5.91 Å². The third kappa shape index (κ3) is 4.00. The van der Waals surface area contributed by atoms with Gasteiger partial charge >= 0.3 is 0 Å². The molecule has 0 bridgehead atoms. The van der Waals surface area contributed by atoms with Crippen molar-refractivity contribution >= 4 is 34.7 Å². The van der Waals surface area contributed by atoms with E-state index in [0.29, 0.717) is 16.3 Å². The molecule has 0 unspecified atom stereocenters. The topological polar surface area (TPSA) is 70.2 Å². The number of hydrogen-bond donors (Lipinski definition) is 2. The second kappa shape index (κ2) is 8.24. The van der Waals surface area contributed by atoms with Crippen LogP contribution < -0.4 is 15.0 Å². The molecule has 1 saturated heterocycles. The zero-order valence-electron chi connectivity index (χ0n) is 15.4. The number of halogens is 1. The summed E-state index contributed by atoms with van der Waals surface area (Å²) in [6, 6.07) is 11.4. The molecule has 3 aromatic rings. The highest BCUT2D eigenvalue weighted by molar-refractivity contribution is 7.13. The van der Waals surface area contributed by atoms with Crippen LogP contribution in [0.2, 0.25) is 5.02 Å². The van der Waals surface area contributed by atoms with Crippen LogP contribution >= 0.6 is 22.9 Å². The van der Waals surface area contributed by atoms with Crippen molar-refractivity contribution in [1.82, 2.24) is 15.5 Å². The highest BCUT2D eigenvalue weighted by atomic mass is 35.5. The third-order valence-corrected chi connectivity index (χ3v) is 6.05. The highest BCUT2D eigenvalue weighted by Crippen LogP contribution is 2.27. The number of hydrogen-bond acceptors (Lipinski definition) is 5. The van der Waals surface area contributed by atoms with Crippen molar-refractivity contribution in [3.05, 3.63) is 52.4 Å². The summed E-state index contributed by atoms with van der Waals surface area (Å²) in [5, 5.41) is 13.3. The second-order valence-corrected chi connectivity index (χ2v) is 8.08. The van der Waals surface area contributed by atoms with Crippen LogP contribution in [0.3, 0.4) is 0 Å². The molecule has 6 nitrogen and oxygen atoms in total. The summed E-state index contributed by atoms with van der Waals surface area (Å²) >= 11 is 7.66. The summed E-state index contributed by atoms with van der Waals surface area (Å²) < 4.78 is 5.28. The lowest BCUT2D eigenvalue weighted by Gasteiger charge is -2.32. The summed E-state index contributed by atoms with van der Waals surface area (Å²) in [6.45, 7) is 1.69. The molecule has 1 aromatic carbocycles. The minimum absolute atomic E-state index is 0.125. The van der Waals surface area contributed by atoms with Crippen molar-refractivity contribution in [2.24, 2.45) is 0 Å². The molecular weight excluding hydrogens is 396 g/mol. The van der Waals surface area contributed by atoms with Gasteiger partial charge in [0.05, 0.1) is 23.2 Å². The van der Waals surface area contributed by atoms with Crippen molar-refractivity contribution < 1.29 is 9.53 Å². The number of ether oxygens (including phenoxy) is 1. The lowest BCUT2D eigenvalue weighted by atomic mass is 10.0. The Labute approximate surface area is 172 Å². The number of rotatable bonds is 5. The number of thiophene rings is 1. The van der Waals surface area contributed by atoms with Crippen LogP contribution in [-0.2, 0) is 0 Å². The van der Waals surface area contributed by atoms with Crippen molar-refractivity contribution in [3.8, 4) is 16.3 Å². The van der Waals surface area contributed by atoms with E-state index in [2.05, 4.69) is 37.9 Å². The molecule has 146 valence electrons. The van der Waals surface area contributed by atoms with Crippen molar-refractivity contribution in [1.29, 1.82) is 0 Å². The highest BCUT2D eigenvalue weighted by Gasteiger charge is 2.24. The smallest absolute Gasteiger partial charge is 0.255 e. The molecule has 0 spiro atoms. The molecule has 2 N–H and O–H groups in total. The number of nitrogens with one attached hydrogen (secondary N) is 2. The standard InChI is InChI=1S/C20H21ClN4O2S/c1-27-17-11-13(21)4-5-15(17)20(26)22-14-6-8-25(9-7-14)19-12-16(23-24-19)18-3-2-10-28-18/h2-5,10-12,14H,6-9H2,1H3,(H,22,26)(H,23,24). The molecule has 1 fully saturated rings. The summed E-state index contributed by atoms with van der Waals surface area (Å²) in [6.07, 6.45) is 1.73. The first kappa shape index (κ1) is 18.8. The molecular formula is C20H21ClN4O2S. The number of amides is 1. The Morgan fingerprint density at radius 3 is 2.86 bits per heavy atom. The molecule has 0 atom stereocenters. The van der Waals surface area contributed by atoms with Crippen LogP contribution in [-0.4, -0.2) is 42.3 Å². The normalized spacial score (nSPS) is 14.9. The number of carbonyl (C=O) groups excluding carboxylic acids is 1. The van der Waals surface area contributed by atoms with Crippen LogP contribution in [0.5, 0.6) is 5.75 Å². The molecule has 1 amide bonds. The first-order valence-electron chi connectivity index (χ1n) is 9.12. The van der Waals surface area contributed by atoms with E-state index < -0.39 is 0 Å². The van der Waals surface area contributed by atoms with Crippen LogP contribution in [0.1, 0.15) is 23.2 Å². The van der Waals surface area contributed by atoms with E-state index >= 15 is 0 Å². The minimum Gasteiger partial charge on any atom is -0.496 e. The minimum atomic E-state index is -0.133. The largest absolute Gasteiger partial charge is 0.496 e. The molecule has 0 aliphatic carbocycles. The molecule has 28 heavy (non-hydrogen) atoms. The molecule has 0 radical (unpaired) electrons. The Balaban J connectivity index is 1.35. The first-order valence-corrected chi connectivity index (χ1v) is 10.4. The summed E-state index contributed by atoms with van der Waals surface area (Å²) in [7, 11) is 1.54. The van der Waals surface area contributed by atoms with Gasteiger partial charge in [-0.25, -0.2) is 0 Å². The predicted octanol–water partition coefficient (Wildman–Crippen LogP) is 4.20. The number of anilines is 1. The SMILES string of the molecule is COc1cc(Cl)ccc1C(=O)NC1CCN(c2cc(-c3cccs3)[nH]n2)CC1. The predicted molar refractivity (Wildman–Crippen MR) is 113 cm³/mol. The number of nitrogens with zero attached hydrogens (tertiary/aromatic N) is 2. The zero-order chi connectivity index (χ0) is 19.5. The zero-order valence-corrected chi connectivity index (χ0v) is 17.0. The second-order valence-electron chi connectivity index (χ2n) is 6.70. The maximum atomic E-state index is 12.6. The Kier molecular flexibility index (Phi) is 5.54. The average Bonchev–Trinajstić information content (AvgIpc) is 3.40. The maximum absolute atomic E-state index is 12.6. The number of aromatic nitrogens is 2. The number of H-pyrrole nitrogens is 1. The van der Waals surface area contributed by atoms with E-state index in [9.17, 15) is 4.79 Å². The summed E-state index contributed by atoms with van der Waals surface area (Å²) in [5.41, 5.74) is 1.54. The Morgan fingerprint density at radius 2 is 2.14 bits per heavy atom. The maximum Gasteiger partial charge on any atom is 0.255 e. The van der Waals surface area contributed by atoms with Crippen molar-refractivity contribution in [2.45, 2.75) is 18.9 Å². The van der Waals surface area contributed by atoms with Gasteiger partial charge in [-0.1, -0.05) is 17.7 Å². The fourth-order valence-electron chi connectivity index (χ4n) is 3.40. The lowest BCUT2D eigenvalue weighted by molar-refractivity contribution is 0.0928. The number of methoxy groups -OCH3 is 1. The van der Waals surface area contributed by atoms with E-state index in [0.717, 1.165) is 37.4 Å². The molecule has 8 heteroatoms. The van der Waals surface area contributed by atoms with Gasteiger partial charge in [-0.3, -0.25) is 9.89 Å². The van der Waals surface area contributed by atoms with E-state index in [4.69, 9.17) is 16.3 Å². The molecule has 1 aliphatic rings. The first-order chi connectivity index (χ1) is 13.6. The molecule has 0 saturated carbocycles. The number of piperidine rings is 1. The van der Waals surface area contributed by atoms with E-state index in [-0.39, 0.29) is 11.9 Å². The van der Waals surface area contributed by atoms with Crippen molar-refractivity contribution in [3.63, 3.8) is 0 Å². The lowest BCUT2D eigenvalue weighted by Crippen LogP contribution is -2.44. The van der Waals surface area contributed by atoms with Crippen LogP contribution in [0.15, 0.2) is 41.8 Å². The van der Waals surface area contributed by atoms with Gasteiger partial charge in [-0.05, 0) is 42.5 Å².